The highest BCUT2D eigenvalue weighted by molar-refractivity contribution is 5.96. The second kappa shape index (κ2) is 7.69. The van der Waals surface area contributed by atoms with Gasteiger partial charge in [0.2, 0.25) is 0 Å². The first-order valence-electron chi connectivity index (χ1n) is 7.73. The molecule has 2 nitrogen and oxygen atoms in total. The first-order valence-corrected chi connectivity index (χ1v) is 7.73. The van der Waals surface area contributed by atoms with Crippen molar-refractivity contribution < 1.29 is 9.59 Å². The van der Waals surface area contributed by atoms with Crippen LogP contribution in [0.2, 0.25) is 0 Å². The number of aryl methyl sites for hydroxylation is 1. The fourth-order valence-electron chi connectivity index (χ4n) is 2.37. The van der Waals surface area contributed by atoms with E-state index in [-0.39, 0.29) is 17.5 Å². The first-order chi connectivity index (χ1) is 10.6. The van der Waals surface area contributed by atoms with Gasteiger partial charge in [-0.25, -0.2) is 0 Å². The molecule has 0 bridgehead atoms. The van der Waals surface area contributed by atoms with Gasteiger partial charge in [-0.2, -0.15) is 0 Å². The van der Waals surface area contributed by atoms with Crippen LogP contribution in [0.15, 0.2) is 54.6 Å². The second-order valence-corrected chi connectivity index (χ2v) is 5.82. The summed E-state index contributed by atoms with van der Waals surface area (Å²) in [5, 5.41) is 0. The molecule has 0 radical (unpaired) electrons. The van der Waals surface area contributed by atoms with Gasteiger partial charge in [-0.3, -0.25) is 9.59 Å². The quantitative estimate of drug-likeness (QED) is 0.715. The number of ketones is 2. The van der Waals surface area contributed by atoms with Gasteiger partial charge >= 0.3 is 0 Å². The van der Waals surface area contributed by atoms with E-state index in [0.717, 1.165) is 24.0 Å². The Morgan fingerprint density at radius 3 is 2.14 bits per heavy atom. The topological polar surface area (TPSA) is 34.1 Å². The molecule has 114 valence electrons. The van der Waals surface area contributed by atoms with Crippen LogP contribution in [0.25, 0.3) is 0 Å². The molecule has 0 heterocycles. The monoisotopic (exact) mass is 294 g/mol. The van der Waals surface area contributed by atoms with Crippen LogP contribution >= 0.6 is 0 Å². The molecule has 0 saturated heterocycles. The van der Waals surface area contributed by atoms with Gasteiger partial charge in [0.25, 0.3) is 0 Å². The molecule has 0 aliphatic rings. The third kappa shape index (κ3) is 4.66. The molecule has 0 N–H and O–H groups in total. The van der Waals surface area contributed by atoms with Crippen molar-refractivity contribution in [1.82, 2.24) is 0 Å². The summed E-state index contributed by atoms with van der Waals surface area (Å²) in [6.45, 7) is 3.55. The van der Waals surface area contributed by atoms with Gasteiger partial charge in [-0.05, 0) is 30.9 Å². The number of carbonyl (C=O) groups is 2. The Morgan fingerprint density at radius 2 is 1.55 bits per heavy atom. The van der Waals surface area contributed by atoms with E-state index in [9.17, 15) is 9.59 Å². The van der Waals surface area contributed by atoms with Crippen molar-refractivity contribution >= 4 is 11.6 Å². The number of carbonyl (C=O) groups excluding carboxylic acids is 2. The van der Waals surface area contributed by atoms with Crippen molar-refractivity contribution in [2.45, 2.75) is 33.1 Å². The minimum Gasteiger partial charge on any atom is -0.300 e. The van der Waals surface area contributed by atoms with Crippen LogP contribution in [0.4, 0.5) is 0 Å². The highest BCUT2D eigenvalue weighted by Gasteiger charge is 2.10. The molecule has 0 spiro atoms. The summed E-state index contributed by atoms with van der Waals surface area (Å²) < 4.78 is 0. The molecule has 1 atom stereocenters. The van der Waals surface area contributed by atoms with Crippen LogP contribution < -0.4 is 0 Å². The van der Waals surface area contributed by atoms with E-state index in [1.165, 1.54) is 5.56 Å². The fraction of sp³-hybridized carbons (Fsp3) is 0.300. The fourth-order valence-corrected chi connectivity index (χ4v) is 2.37. The number of benzene rings is 2. The molecule has 22 heavy (non-hydrogen) atoms. The van der Waals surface area contributed by atoms with Gasteiger partial charge in [0, 0.05) is 17.9 Å². The molecule has 2 aromatic rings. The summed E-state index contributed by atoms with van der Waals surface area (Å²) >= 11 is 0. The maximum atomic E-state index is 12.2. The Hall–Kier alpha value is -2.22. The standard InChI is InChI=1S/C20H22O2/c1-15(16(2)21)14-18-8-11-19(12-9-18)20(22)13-10-17-6-4-3-5-7-17/h3-9,11-12,15H,10,13-14H2,1-2H3. The van der Waals surface area contributed by atoms with E-state index < -0.39 is 0 Å². The number of rotatable bonds is 7. The molecule has 0 fully saturated rings. The van der Waals surface area contributed by atoms with E-state index in [0.29, 0.717) is 6.42 Å². The molecule has 0 saturated carbocycles. The molecule has 2 heteroatoms. The zero-order valence-electron chi connectivity index (χ0n) is 13.2. The summed E-state index contributed by atoms with van der Waals surface area (Å²) in [4.78, 5) is 23.5. The van der Waals surface area contributed by atoms with Crippen molar-refractivity contribution in [2.75, 3.05) is 0 Å². The average Bonchev–Trinajstić information content (AvgIpc) is 2.54. The minimum atomic E-state index is 0.0274. The SMILES string of the molecule is CC(=O)C(C)Cc1ccc(C(=O)CCc2ccccc2)cc1. The van der Waals surface area contributed by atoms with Gasteiger partial charge in [0.05, 0.1) is 0 Å². The van der Waals surface area contributed by atoms with Crippen LogP contribution in [0.1, 0.15) is 41.8 Å². The Bertz CT molecular complexity index is 627. The van der Waals surface area contributed by atoms with Crippen LogP contribution in [0.5, 0.6) is 0 Å². The number of hydrogen-bond acceptors (Lipinski definition) is 2. The highest BCUT2D eigenvalue weighted by atomic mass is 16.1. The summed E-state index contributed by atoms with van der Waals surface area (Å²) in [6.07, 6.45) is 2.02. The normalized spacial score (nSPS) is 11.9. The highest BCUT2D eigenvalue weighted by Crippen LogP contribution is 2.13. The largest absolute Gasteiger partial charge is 0.300 e. The van der Waals surface area contributed by atoms with Gasteiger partial charge in [-0.15, -0.1) is 0 Å². The Morgan fingerprint density at radius 1 is 0.909 bits per heavy atom. The molecule has 2 rings (SSSR count). The Labute approximate surface area is 132 Å². The smallest absolute Gasteiger partial charge is 0.163 e. The van der Waals surface area contributed by atoms with Crippen LogP contribution in [0.3, 0.4) is 0 Å². The third-order valence-electron chi connectivity index (χ3n) is 4.00. The number of Topliss-reactive ketones (excluding diaryl/α,β-unsaturated/α-hetero) is 2. The lowest BCUT2D eigenvalue weighted by molar-refractivity contribution is -0.120. The lowest BCUT2D eigenvalue weighted by atomic mass is 9.96. The zero-order chi connectivity index (χ0) is 15.9. The maximum Gasteiger partial charge on any atom is 0.163 e. The van der Waals surface area contributed by atoms with Crippen molar-refractivity contribution in [2.24, 2.45) is 5.92 Å². The third-order valence-corrected chi connectivity index (χ3v) is 4.00. The summed E-state index contributed by atoms with van der Waals surface area (Å²) in [7, 11) is 0. The van der Waals surface area contributed by atoms with Gasteiger partial charge in [0.15, 0.2) is 5.78 Å². The van der Waals surface area contributed by atoms with Crippen molar-refractivity contribution in [3.05, 3.63) is 71.3 Å². The molecule has 1 unspecified atom stereocenters. The second-order valence-electron chi connectivity index (χ2n) is 5.82. The lowest BCUT2D eigenvalue weighted by Gasteiger charge is -2.08. The van der Waals surface area contributed by atoms with E-state index in [4.69, 9.17) is 0 Å². The van der Waals surface area contributed by atoms with Crippen LogP contribution in [-0.2, 0) is 17.6 Å². The first kappa shape index (κ1) is 16.2. The lowest BCUT2D eigenvalue weighted by Crippen LogP contribution is -2.09. The molecule has 0 aliphatic carbocycles. The molecular formula is C20H22O2. The van der Waals surface area contributed by atoms with E-state index in [1.807, 2.05) is 61.5 Å². The van der Waals surface area contributed by atoms with Gasteiger partial charge < -0.3 is 0 Å². The van der Waals surface area contributed by atoms with Gasteiger partial charge in [0.1, 0.15) is 5.78 Å². The molecule has 0 aromatic heterocycles. The van der Waals surface area contributed by atoms with Crippen LogP contribution in [-0.4, -0.2) is 11.6 Å². The van der Waals surface area contributed by atoms with Crippen LogP contribution in [0, 0.1) is 5.92 Å². The van der Waals surface area contributed by atoms with Crippen molar-refractivity contribution in [3.8, 4) is 0 Å². The van der Waals surface area contributed by atoms with E-state index >= 15 is 0 Å². The molecule has 2 aromatic carbocycles. The molecule has 0 aliphatic heterocycles. The minimum absolute atomic E-state index is 0.0274. The predicted molar refractivity (Wildman–Crippen MR) is 89.1 cm³/mol. The Balaban J connectivity index is 1.92. The summed E-state index contributed by atoms with van der Waals surface area (Å²) in [6, 6.07) is 17.7. The molecule has 0 amide bonds. The Kier molecular flexibility index (Phi) is 5.65. The average molecular weight is 294 g/mol. The van der Waals surface area contributed by atoms with E-state index in [2.05, 4.69) is 0 Å². The molecular weight excluding hydrogens is 272 g/mol. The van der Waals surface area contributed by atoms with Crippen molar-refractivity contribution in [3.63, 3.8) is 0 Å². The summed E-state index contributed by atoms with van der Waals surface area (Å²) in [5.41, 5.74) is 3.03. The van der Waals surface area contributed by atoms with E-state index in [1.54, 1.807) is 6.92 Å². The number of hydrogen-bond donors (Lipinski definition) is 0. The summed E-state index contributed by atoms with van der Waals surface area (Å²) in [5.74, 6) is 0.387. The van der Waals surface area contributed by atoms with Crippen molar-refractivity contribution in [1.29, 1.82) is 0 Å². The van der Waals surface area contributed by atoms with Gasteiger partial charge in [-0.1, -0.05) is 61.5 Å². The zero-order valence-corrected chi connectivity index (χ0v) is 13.2. The maximum absolute atomic E-state index is 12.2. The predicted octanol–water partition coefficient (Wildman–Crippen LogP) is 4.27.